The maximum absolute atomic E-state index is 11.0. The molecule has 1 atom stereocenters. The van der Waals surface area contributed by atoms with Crippen molar-refractivity contribution in [2.24, 2.45) is 0 Å². The third kappa shape index (κ3) is 3.35. The van der Waals surface area contributed by atoms with Crippen molar-refractivity contribution in [3.63, 3.8) is 0 Å². The van der Waals surface area contributed by atoms with Crippen molar-refractivity contribution in [1.29, 1.82) is 0 Å². The number of nitrogens with one attached hydrogen (secondary N) is 1. The van der Waals surface area contributed by atoms with Crippen molar-refractivity contribution in [2.75, 3.05) is 20.8 Å². The molecule has 5 heteroatoms. The van der Waals surface area contributed by atoms with Gasteiger partial charge in [0.2, 0.25) is 5.91 Å². The lowest BCUT2D eigenvalue weighted by Crippen LogP contribution is -2.28. The van der Waals surface area contributed by atoms with Crippen LogP contribution < -0.4 is 14.8 Å². The molecule has 94 valence electrons. The van der Waals surface area contributed by atoms with Gasteiger partial charge in [0.15, 0.2) is 0 Å². The summed E-state index contributed by atoms with van der Waals surface area (Å²) in [6.45, 7) is 1.19. The second-order valence-electron chi connectivity index (χ2n) is 3.54. The molecule has 0 aromatic heterocycles. The van der Waals surface area contributed by atoms with Crippen LogP contribution in [-0.2, 0) is 4.79 Å². The van der Waals surface area contributed by atoms with Crippen LogP contribution in [0.5, 0.6) is 11.5 Å². The number of aliphatic hydroxyl groups excluding tert-OH is 1. The highest BCUT2D eigenvalue weighted by Crippen LogP contribution is 2.29. The first kappa shape index (κ1) is 13.3. The molecule has 1 aromatic rings. The van der Waals surface area contributed by atoms with Crippen molar-refractivity contribution in [3.05, 3.63) is 23.8 Å². The van der Waals surface area contributed by atoms with Gasteiger partial charge in [0.25, 0.3) is 0 Å². The Kier molecular flexibility index (Phi) is 4.78. The molecule has 0 saturated carbocycles. The van der Waals surface area contributed by atoms with Crippen LogP contribution in [0, 0.1) is 0 Å². The molecule has 0 spiro atoms. The van der Waals surface area contributed by atoms with Crippen molar-refractivity contribution in [3.8, 4) is 11.5 Å². The summed E-state index contributed by atoms with van der Waals surface area (Å²) in [6, 6.07) is 4.72. The molecular weight excluding hydrogens is 222 g/mol. The van der Waals surface area contributed by atoms with E-state index in [4.69, 9.17) is 9.47 Å². The highest BCUT2D eigenvalue weighted by Gasteiger charge is 2.17. The van der Waals surface area contributed by atoms with E-state index in [1.807, 2.05) is 0 Å². The lowest BCUT2D eigenvalue weighted by Gasteiger charge is -2.19. The summed E-state index contributed by atoms with van der Waals surface area (Å²) >= 11 is 0. The third-order valence-electron chi connectivity index (χ3n) is 2.37. The Morgan fingerprint density at radius 2 is 2.12 bits per heavy atom. The molecule has 1 aromatic carbocycles. The third-order valence-corrected chi connectivity index (χ3v) is 2.37. The summed E-state index contributed by atoms with van der Waals surface area (Å²) in [7, 11) is 3.09. The topological polar surface area (TPSA) is 67.8 Å². The van der Waals surface area contributed by atoms with E-state index in [1.165, 1.54) is 14.0 Å². The number of hydrogen-bond donors (Lipinski definition) is 2. The van der Waals surface area contributed by atoms with E-state index < -0.39 is 6.04 Å². The fraction of sp³-hybridized carbons (Fsp3) is 0.417. The minimum Gasteiger partial charge on any atom is -0.497 e. The van der Waals surface area contributed by atoms with E-state index in [1.54, 1.807) is 25.3 Å². The van der Waals surface area contributed by atoms with Gasteiger partial charge in [-0.2, -0.15) is 0 Å². The minimum absolute atomic E-state index is 0.205. The van der Waals surface area contributed by atoms with Crippen molar-refractivity contribution in [1.82, 2.24) is 5.32 Å². The maximum atomic E-state index is 11.0. The van der Waals surface area contributed by atoms with Crippen LogP contribution in [0.15, 0.2) is 18.2 Å². The summed E-state index contributed by atoms with van der Waals surface area (Å²) in [5, 5.41) is 11.9. The smallest absolute Gasteiger partial charge is 0.217 e. The van der Waals surface area contributed by atoms with E-state index in [0.717, 1.165) is 0 Å². The van der Waals surface area contributed by atoms with Crippen LogP contribution in [0.25, 0.3) is 0 Å². The molecule has 1 unspecified atom stereocenters. The van der Waals surface area contributed by atoms with E-state index in [2.05, 4.69) is 5.32 Å². The lowest BCUT2D eigenvalue weighted by molar-refractivity contribution is -0.120. The molecule has 0 saturated heterocycles. The summed E-state index contributed by atoms with van der Waals surface area (Å²) in [4.78, 5) is 11.0. The average molecular weight is 239 g/mol. The number of amides is 1. The first-order valence-corrected chi connectivity index (χ1v) is 5.22. The van der Waals surface area contributed by atoms with Gasteiger partial charge in [0.05, 0.1) is 26.9 Å². The van der Waals surface area contributed by atoms with Crippen LogP contribution in [0.4, 0.5) is 0 Å². The molecule has 0 radical (unpaired) electrons. The van der Waals surface area contributed by atoms with Crippen molar-refractivity contribution in [2.45, 2.75) is 13.0 Å². The van der Waals surface area contributed by atoms with Crippen molar-refractivity contribution < 1.29 is 19.4 Å². The van der Waals surface area contributed by atoms with Gasteiger partial charge in [0, 0.05) is 12.5 Å². The molecule has 0 aliphatic rings. The zero-order chi connectivity index (χ0) is 12.8. The van der Waals surface area contributed by atoms with Gasteiger partial charge in [-0.15, -0.1) is 0 Å². The second kappa shape index (κ2) is 6.10. The van der Waals surface area contributed by atoms with Crippen LogP contribution in [0.2, 0.25) is 0 Å². The zero-order valence-electron chi connectivity index (χ0n) is 10.2. The average Bonchev–Trinajstić information content (AvgIpc) is 2.34. The molecular formula is C12H17NO4. The van der Waals surface area contributed by atoms with Gasteiger partial charge in [-0.3, -0.25) is 4.79 Å². The predicted molar refractivity (Wildman–Crippen MR) is 63.2 cm³/mol. The Bertz CT molecular complexity index is 392. The molecule has 0 aliphatic carbocycles. The Hall–Kier alpha value is -1.75. The summed E-state index contributed by atoms with van der Waals surface area (Å²) in [6.07, 6.45) is 0. The van der Waals surface area contributed by atoms with E-state index in [-0.39, 0.29) is 12.5 Å². The molecule has 0 aliphatic heterocycles. The van der Waals surface area contributed by atoms with E-state index in [9.17, 15) is 9.90 Å². The van der Waals surface area contributed by atoms with Gasteiger partial charge in [-0.25, -0.2) is 0 Å². The van der Waals surface area contributed by atoms with Gasteiger partial charge in [-0.1, -0.05) is 0 Å². The van der Waals surface area contributed by atoms with Crippen LogP contribution in [0.3, 0.4) is 0 Å². The minimum atomic E-state index is -0.502. The molecule has 0 heterocycles. The predicted octanol–water partition coefficient (Wildman–Crippen LogP) is 0.873. The number of rotatable bonds is 5. The molecule has 0 bridgehead atoms. The van der Waals surface area contributed by atoms with Gasteiger partial charge in [0.1, 0.15) is 11.5 Å². The Balaban J connectivity index is 3.09. The Labute approximate surface area is 100 Å². The van der Waals surface area contributed by atoms with Crippen molar-refractivity contribution >= 4 is 5.91 Å². The number of hydrogen-bond acceptors (Lipinski definition) is 4. The van der Waals surface area contributed by atoms with E-state index in [0.29, 0.717) is 17.1 Å². The monoisotopic (exact) mass is 239 g/mol. The number of carbonyl (C=O) groups is 1. The SMILES string of the molecule is COc1ccc(OC)c(C(CO)NC(C)=O)c1. The molecule has 2 N–H and O–H groups in total. The quantitative estimate of drug-likeness (QED) is 0.800. The molecule has 0 fully saturated rings. The second-order valence-corrected chi connectivity index (χ2v) is 3.54. The highest BCUT2D eigenvalue weighted by molar-refractivity contribution is 5.73. The van der Waals surface area contributed by atoms with Crippen LogP contribution in [0.1, 0.15) is 18.5 Å². The number of carbonyl (C=O) groups excluding carboxylic acids is 1. The highest BCUT2D eigenvalue weighted by atomic mass is 16.5. The number of methoxy groups -OCH3 is 2. The standard InChI is InChI=1S/C12H17NO4/c1-8(15)13-11(7-14)10-6-9(16-2)4-5-12(10)17-3/h4-6,11,14H,7H2,1-3H3,(H,13,15). The largest absolute Gasteiger partial charge is 0.497 e. The molecule has 1 rings (SSSR count). The van der Waals surface area contributed by atoms with E-state index >= 15 is 0 Å². The lowest BCUT2D eigenvalue weighted by atomic mass is 10.1. The zero-order valence-corrected chi connectivity index (χ0v) is 10.2. The maximum Gasteiger partial charge on any atom is 0.217 e. The van der Waals surface area contributed by atoms with Gasteiger partial charge >= 0.3 is 0 Å². The van der Waals surface area contributed by atoms with Crippen LogP contribution >= 0.6 is 0 Å². The summed E-state index contributed by atoms with van der Waals surface area (Å²) in [5.74, 6) is 1.03. The first-order chi connectivity index (χ1) is 8.12. The summed E-state index contributed by atoms with van der Waals surface area (Å²) < 4.78 is 10.3. The number of aliphatic hydroxyl groups is 1. The molecule has 17 heavy (non-hydrogen) atoms. The van der Waals surface area contributed by atoms with Gasteiger partial charge < -0.3 is 19.9 Å². The first-order valence-electron chi connectivity index (χ1n) is 5.22. The Morgan fingerprint density at radius 1 is 1.41 bits per heavy atom. The fourth-order valence-electron chi connectivity index (χ4n) is 1.58. The number of benzene rings is 1. The fourth-order valence-corrected chi connectivity index (χ4v) is 1.58. The van der Waals surface area contributed by atoms with Gasteiger partial charge in [-0.05, 0) is 18.2 Å². The normalized spacial score (nSPS) is 11.8. The molecule has 5 nitrogen and oxygen atoms in total. The summed E-state index contributed by atoms with van der Waals surface area (Å²) in [5.41, 5.74) is 0.685. The molecule has 1 amide bonds. The number of ether oxygens (including phenoxy) is 2. The Morgan fingerprint density at radius 3 is 2.59 bits per heavy atom. The van der Waals surface area contributed by atoms with Crippen LogP contribution in [-0.4, -0.2) is 31.8 Å².